The van der Waals surface area contributed by atoms with E-state index in [1.54, 1.807) is 5.56 Å². The van der Waals surface area contributed by atoms with Crippen LogP contribution in [0.1, 0.15) is 23.2 Å². The van der Waals surface area contributed by atoms with Gasteiger partial charge in [0.15, 0.2) is 0 Å². The largest absolute Gasteiger partial charge is 0.303 e. The van der Waals surface area contributed by atoms with E-state index in [1.807, 2.05) is 12.3 Å². The maximum absolute atomic E-state index is 4.41. The first-order valence-electron chi connectivity index (χ1n) is 7.50. The van der Waals surface area contributed by atoms with E-state index in [9.17, 15) is 0 Å². The SMILES string of the molecule is CN(CCc1ccccn1)[C@H]1CCc2ccccc2C1. The summed E-state index contributed by atoms with van der Waals surface area (Å²) in [6, 6.07) is 15.7. The number of hydrogen-bond donors (Lipinski definition) is 0. The van der Waals surface area contributed by atoms with E-state index in [4.69, 9.17) is 0 Å². The second-order valence-electron chi connectivity index (χ2n) is 5.72. The number of aromatic nitrogens is 1. The minimum atomic E-state index is 0.675. The highest BCUT2D eigenvalue weighted by atomic mass is 15.1. The second kappa shape index (κ2) is 6.19. The van der Waals surface area contributed by atoms with Gasteiger partial charge in [-0.25, -0.2) is 0 Å². The molecule has 20 heavy (non-hydrogen) atoms. The standard InChI is InChI=1S/C18H22N2/c1-20(13-11-17-8-4-5-12-19-17)18-10-9-15-6-2-3-7-16(15)14-18/h2-8,12,18H,9-11,13-14H2,1H3/t18-/m0/s1. The molecule has 2 heteroatoms. The lowest BCUT2D eigenvalue weighted by molar-refractivity contribution is 0.224. The third kappa shape index (κ3) is 3.07. The van der Waals surface area contributed by atoms with Crippen molar-refractivity contribution in [2.24, 2.45) is 0 Å². The molecular weight excluding hydrogens is 244 g/mol. The average molecular weight is 266 g/mol. The van der Waals surface area contributed by atoms with Gasteiger partial charge in [-0.05, 0) is 49.6 Å². The Morgan fingerprint density at radius 1 is 1.10 bits per heavy atom. The fraction of sp³-hybridized carbons (Fsp3) is 0.389. The van der Waals surface area contributed by atoms with Gasteiger partial charge in [0.1, 0.15) is 0 Å². The molecule has 0 unspecified atom stereocenters. The molecule has 0 aliphatic heterocycles. The van der Waals surface area contributed by atoms with Crippen LogP contribution in [0.25, 0.3) is 0 Å². The summed E-state index contributed by atoms with van der Waals surface area (Å²) in [7, 11) is 2.25. The molecule has 104 valence electrons. The highest BCUT2D eigenvalue weighted by Gasteiger charge is 2.21. The lowest BCUT2D eigenvalue weighted by Gasteiger charge is -2.32. The molecule has 1 aromatic heterocycles. The maximum atomic E-state index is 4.41. The topological polar surface area (TPSA) is 16.1 Å². The highest BCUT2D eigenvalue weighted by Crippen LogP contribution is 2.23. The van der Waals surface area contributed by atoms with Gasteiger partial charge in [-0.1, -0.05) is 30.3 Å². The van der Waals surface area contributed by atoms with Crippen LogP contribution < -0.4 is 0 Å². The van der Waals surface area contributed by atoms with Crippen LogP contribution in [0.4, 0.5) is 0 Å². The number of aryl methyl sites for hydroxylation is 1. The van der Waals surface area contributed by atoms with Gasteiger partial charge < -0.3 is 4.90 Å². The Labute approximate surface area is 121 Å². The van der Waals surface area contributed by atoms with Crippen LogP contribution in [0, 0.1) is 0 Å². The van der Waals surface area contributed by atoms with Gasteiger partial charge in [0.05, 0.1) is 0 Å². The first-order valence-corrected chi connectivity index (χ1v) is 7.50. The van der Waals surface area contributed by atoms with E-state index in [2.05, 4.69) is 53.3 Å². The number of likely N-dealkylation sites (N-methyl/N-ethyl adjacent to an activating group) is 1. The zero-order valence-corrected chi connectivity index (χ0v) is 12.1. The Hall–Kier alpha value is -1.67. The van der Waals surface area contributed by atoms with E-state index in [1.165, 1.54) is 30.5 Å². The van der Waals surface area contributed by atoms with Crippen molar-refractivity contribution in [1.82, 2.24) is 9.88 Å². The smallest absolute Gasteiger partial charge is 0.0416 e. The van der Waals surface area contributed by atoms with Crippen LogP contribution >= 0.6 is 0 Å². The van der Waals surface area contributed by atoms with E-state index in [0.29, 0.717) is 6.04 Å². The van der Waals surface area contributed by atoms with Gasteiger partial charge in [-0.2, -0.15) is 0 Å². The predicted molar refractivity (Wildman–Crippen MR) is 82.8 cm³/mol. The van der Waals surface area contributed by atoms with Crippen molar-refractivity contribution in [2.45, 2.75) is 31.7 Å². The Morgan fingerprint density at radius 3 is 2.70 bits per heavy atom. The van der Waals surface area contributed by atoms with Crippen molar-refractivity contribution in [1.29, 1.82) is 0 Å². The molecule has 1 aromatic carbocycles. The number of hydrogen-bond acceptors (Lipinski definition) is 2. The molecule has 0 N–H and O–H groups in total. The van der Waals surface area contributed by atoms with Gasteiger partial charge >= 0.3 is 0 Å². The Bertz CT molecular complexity index is 550. The van der Waals surface area contributed by atoms with Gasteiger partial charge in [-0.3, -0.25) is 4.98 Å². The maximum Gasteiger partial charge on any atom is 0.0416 e. The van der Waals surface area contributed by atoms with Crippen LogP contribution in [-0.4, -0.2) is 29.5 Å². The summed E-state index contributed by atoms with van der Waals surface area (Å²) in [5.74, 6) is 0. The van der Waals surface area contributed by atoms with Crippen LogP contribution in [-0.2, 0) is 19.3 Å². The van der Waals surface area contributed by atoms with Crippen molar-refractivity contribution in [3.63, 3.8) is 0 Å². The van der Waals surface area contributed by atoms with Crippen molar-refractivity contribution < 1.29 is 0 Å². The highest BCUT2D eigenvalue weighted by molar-refractivity contribution is 5.30. The van der Waals surface area contributed by atoms with Crippen LogP contribution in [0.15, 0.2) is 48.7 Å². The molecule has 0 fully saturated rings. The summed E-state index contributed by atoms with van der Waals surface area (Å²) in [6.45, 7) is 1.09. The molecule has 1 heterocycles. The minimum Gasteiger partial charge on any atom is -0.303 e. The molecule has 0 amide bonds. The van der Waals surface area contributed by atoms with E-state index in [-0.39, 0.29) is 0 Å². The van der Waals surface area contributed by atoms with Crippen LogP contribution in [0.3, 0.4) is 0 Å². The first-order chi connectivity index (χ1) is 9.83. The molecule has 0 saturated heterocycles. The van der Waals surface area contributed by atoms with Gasteiger partial charge in [-0.15, -0.1) is 0 Å². The van der Waals surface area contributed by atoms with Crippen molar-refractivity contribution in [3.05, 3.63) is 65.5 Å². The van der Waals surface area contributed by atoms with Crippen molar-refractivity contribution in [3.8, 4) is 0 Å². The van der Waals surface area contributed by atoms with Crippen LogP contribution in [0.2, 0.25) is 0 Å². The molecule has 1 aliphatic carbocycles. The van der Waals surface area contributed by atoms with E-state index < -0.39 is 0 Å². The minimum absolute atomic E-state index is 0.675. The average Bonchev–Trinajstić information content (AvgIpc) is 2.53. The van der Waals surface area contributed by atoms with Gasteiger partial charge in [0.25, 0.3) is 0 Å². The van der Waals surface area contributed by atoms with Gasteiger partial charge in [0.2, 0.25) is 0 Å². The number of pyridine rings is 1. The Kier molecular flexibility index (Phi) is 4.12. The van der Waals surface area contributed by atoms with Crippen molar-refractivity contribution in [2.75, 3.05) is 13.6 Å². The Balaban J connectivity index is 1.58. The molecule has 0 radical (unpaired) electrons. The molecule has 2 nitrogen and oxygen atoms in total. The van der Waals surface area contributed by atoms with Crippen LogP contribution in [0.5, 0.6) is 0 Å². The zero-order valence-electron chi connectivity index (χ0n) is 12.1. The number of fused-ring (bicyclic) bond motifs is 1. The molecule has 3 rings (SSSR count). The summed E-state index contributed by atoms with van der Waals surface area (Å²) in [4.78, 5) is 6.91. The first kappa shape index (κ1) is 13.3. The van der Waals surface area contributed by atoms with Gasteiger partial charge in [0, 0.05) is 30.9 Å². The summed E-state index contributed by atoms with van der Waals surface area (Å²) in [6.07, 6.45) is 6.60. The summed E-state index contributed by atoms with van der Waals surface area (Å²) in [5.41, 5.74) is 4.27. The van der Waals surface area contributed by atoms with E-state index in [0.717, 1.165) is 13.0 Å². The quantitative estimate of drug-likeness (QED) is 0.845. The fourth-order valence-corrected chi connectivity index (χ4v) is 3.07. The summed E-state index contributed by atoms with van der Waals surface area (Å²) >= 11 is 0. The molecule has 1 atom stereocenters. The lowest BCUT2D eigenvalue weighted by atomic mass is 9.87. The van der Waals surface area contributed by atoms with Crippen molar-refractivity contribution >= 4 is 0 Å². The second-order valence-corrected chi connectivity index (χ2v) is 5.72. The number of rotatable bonds is 4. The third-order valence-electron chi connectivity index (χ3n) is 4.39. The molecule has 1 aliphatic rings. The molecule has 0 saturated carbocycles. The Morgan fingerprint density at radius 2 is 1.90 bits per heavy atom. The third-order valence-corrected chi connectivity index (χ3v) is 4.39. The molecule has 0 bridgehead atoms. The lowest BCUT2D eigenvalue weighted by Crippen LogP contribution is -2.37. The fourth-order valence-electron chi connectivity index (χ4n) is 3.07. The summed E-state index contributed by atoms with van der Waals surface area (Å²) in [5, 5.41) is 0. The molecular formula is C18H22N2. The predicted octanol–water partition coefficient (Wildman–Crippen LogP) is 3.11. The zero-order chi connectivity index (χ0) is 13.8. The summed E-state index contributed by atoms with van der Waals surface area (Å²) < 4.78 is 0. The molecule has 2 aromatic rings. The molecule has 0 spiro atoms. The van der Waals surface area contributed by atoms with E-state index >= 15 is 0 Å². The number of nitrogens with zero attached hydrogens (tertiary/aromatic N) is 2. The normalized spacial score (nSPS) is 18.0. The monoisotopic (exact) mass is 266 g/mol. The number of benzene rings is 1.